The largest absolute Gasteiger partial charge is 0.408 e. The van der Waals surface area contributed by atoms with E-state index in [-0.39, 0.29) is 0 Å². The fraction of sp³-hybridized carbons (Fsp3) is 0.308. The minimum absolute atomic E-state index is 0.881. The summed E-state index contributed by atoms with van der Waals surface area (Å²) in [6, 6.07) is 6.10. The number of anilines is 1. The Labute approximate surface area is 111 Å². The van der Waals surface area contributed by atoms with Crippen LogP contribution in [0.4, 0.5) is 16.5 Å². The predicted octanol–water partition coefficient (Wildman–Crippen LogP) is 3.36. The number of thiazole rings is 1. The van der Waals surface area contributed by atoms with Crippen LogP contribution >= 0.6 is 11.3 Å². The van der Waals surface area contributed by atoms with E-state index in [0.29, 0.717) is 0 Å². The highest BCUT2D eigenvalue weighted by Crippen LogP contribution is 2.25. The molecule has 0 bridgehead atoms. The summed E-state index contributed by atoms with van der Waals surface area (Å²) in [6.07, 6.45) is 1.97. The number of benzene rings is 1. The van der Waals surface area contributed by atoms with Gasteiger partial charge in [-0.15, -0.1) is 0 Å². The van der Waals surface area contributed by atoms with Gasteiger partial charge in [-0.25, -0.2) is 4.57 Å². The van der Waals surface area contributed by atoms with Crippen molar-refractivity contribution in [2.24, 2.45) is 17.3 Å². The van der Waals surface area contributed by atoms with Gasteiger partial charge < -0.3 is 4.90 Å². The van der Waals surface area contributed by atoms with Crippen LogP contribution in [0.1, 0.15) is 5.56 Å². The van der Waals surface area contributed by atoms with Crippen molar-refractivity contribution in [1.82, 2.24) is 0 Å². The predicted molar refractivity (Wildman–Crippen MR) is 75.2 cm³/mol. The van der Waals surface area contributed by atoms with E-state index >= 15 is 0 Å². The van der Waals surface area contributed by atoms with E-state index in [1.165, 1.54) is 11.3 Å². The molecule has 0 unspecified atom stereocenters. The van der Waals surface area contributed by atoms with Gasteiger partial charge in [-0.2, -0.15) is 0 Å². The van der Waals surface area contributed by atoms with Gasteiger partial charge in [0.1, 0.15) is 11.9 Å². The Bertz CT molecular complexity index is 572. The zero-order chi connectivity index (χ0) is 13.1. The molecule has 0 radical (unpaired) electrons. The topological polar surface area (TPSA) is 31.8 Å². The van der Waals surface area contributed by atoms with E-state index < -0.39 is 0 Å². The first-order valence-electron chi connectivity index (χ1n) is 5.71. The molecule has 1 aromatic heterocycles. The Kier molecular flexibility index (Phi) is 3.72. The number of azo groups is 1. The summed E-state index contributed by atoms with van der Waals surface area (Å²) in [7, 11) is 6.04. The smallest absolute Gasteiger partial charge is 0.377 e. The Morgan fingerprint density at radius 2 is 2.00 bits per heavy atom. The molecule has 4 nitrogen and oxygen atoms in total. The number of hydrogen-bond donors (Lipinski definition) is 0. The fourth-order valence-electron chi connectivity index (χ4n) is 1.73. The SMILES string of the molecule is Cc1cc(N=Nc2scc[n+]2C)ccc1N(C)C. The molecule has 0 fully saturated rings. The van der Waals surface area contributed by atoms with E-state index in [4.69, 9.17) is 0 Å². The number of aryl methyl sites for hydroxylation is 2. The lowest BCUT2D eigenvalue weighted by Gasteiger charge is -2.14. The second-order valence-corrected chi connectivity index (χ2v) is 5.23. The van der Waals surface area contributed by atoms with Crippen LogP contribution in [0.2, 0.25) is 0 Å². The summed E-state index contributed by atoms with van der Waals surface area (Å²) in [5, 5.41) is 11.4. The van der Waals surface area contributed by atoms with Gasteiger partial charge in [0.25, 0.3) is 0 Å². The lowest BCUT2D eigenvalue weighted by molar-refractivity contribution is -0.654. The van der Waals surface area contributed by atoms with E-state index in [0.717, 1.165) is 10.8 Å². The highest BCUT2D eigenvalue weighted by Gasteiger charge is 2.08. The molecule has 1 aromatic carbocycles. The summed E-state index contributed by atoms with van der Waals surface area (Å²) in [5.41, 5.74) is 3.29. The van der Waals surface area contributed by atoms with Crippen molar-refractivity contribution in [3.63, 3.8) is 0 Å². The number of nitrogens with zero attached hydrogens (tertiary/aromatic N) is 4. The second-order valence-electron chi connectivity index (χ2n) is 4.36. The quantitative estimate of drug-likeness (QED) is 0.616. The Morgan fingerprint density at radius 3 is 2.56 bits per heavy atom. The van der Waals surface area contributed by atoms with E-state index in [1.54, 1.807) is 11.3 Å². The van der Waals surface area contributed by atoms with Gasteiger partial charge in [-0.05, 0) is 47.1 Å². The maximum atomic E-state index is 4.27. The molecule has 0 amide bonds. The number of aromatic nitrogens is 1. The minimum atomic E-state index is 0.881. The molecule has 2 rings (SSSR count). The van der Waals surface area contributed by atoms with E-state index in [1.807, 2.05) is 49.4 Å². The van der Waals surface area contributed by atoms with Gasteiger partial charge in [0.2, 0.25) is 0 Å². The maximum Gasteiger partial charge on any atom is 0.408 e. The molecule has 2 aromatic rings. The van der Waals surface area contributed by atoms with Crippen LogP contribution in [-0.4, -0.2) is 14.1 Å². The number of hydrogen-bond acceptors (Lipinski definition) is 4. The van der Waals surface area contributed by atoms with Gasteiger partial charge in [-0.3, -0.25) is 0 Å². The summed E-state index contributed by atoms with van der Waals surface area (Å²) >= 11 is 1.58. The molecule has 0 N–H and O–H groups in total. The Hall–Kier alpha value is -1.75. The van der Waals surface area contributed by atoms with Crippen molar-refractivity contribution in [2.45, 2.75) is 6.92 Å². The first kappa shape index (κ1) is 12.7. The van der Waals surface area contributed by atoms with Crippen molar-refractivity contribution < 1.29 is 4.57 Å². The highest BCUT2D eigenvalue weighted by molar-refractivity contribution is 7.12. The van der Waals surface area contributed by atoms with Crippen LogP contribution in [-0.2, 0) is 7.05 Å². The van der Waals surface area contributed by atoms with Gasteiger partial charge in [0.15, 0.2) is 0 Å². The van der Waals surface area contributed by atoms with Crippen molar-refractivity contribution >= 4 is 27.8 Å². The van der Waals surface area contributed by atoms with Crippen LogP contribution < -0.4 is 9.47 Å². The average molecular weight is 261 g/mol. The summed E-state index contributed by atoms with van der Waals surface area (Å²) < 4.78 is 1.95. The van der Waals surface area contributed by atoms with Gasteiger partial charge in [0.05, 0.1) is 12.2 Å². The molecule has 0 atom stereocenters. The third kappa shape index (κ3) is 2.73. The molecule has 0 spiro atoms. The maximum absolute atomic E-state index is 4.27. The van der Waals surface area contributed by atoms with Gasteiger partial charge in [-0.1, -0.05) is 0 Å². The van der Waals surface area contributed by atoms with Crippen molar-refractivity contribution in [3.8, 4) is 0 Å². The van der Waals surface area contributed by atoms with Crippen LogP contribution in [0.15, 0.2) is 40.0 Å². The molecule has 0 saturated heterocycles. The summed E-state index contributed by atoms with van der Waals surface area (Å²) in [6.45, 7) is 2.08. The molecular formula is C13H17N4S+. The van der Waals surface area contributed by atoms with Crippen molar-refractivity contribution in [2.75, 3.05) is 19.0 Å². The lowest BCUT2D eigenvalue weighted by Crippen LogP contribution is -2.23. The summed E-state index contributed by atoms with van der Waals surface area (Å²) in [4.78, 5) is 2.09. The monoisotopic (exact) mass is 261 g/mol. The van der Waals surface area contributed by atoms with Crippen LogP contribution in [0.5, 0.6) is 0 Å². The zero-order valence-electron chi connectivity index (χ0n) is 11.1. The molecular weight excluding hydrogens is 244 g/mol. The zero-order valence-corrected chi connectivity index (χ0v) is 11.9. The Balaban J connectivity index is 2.23. The molecule has 0 aliphatic heterocycles. The van der Waals surface area contributed by atoms with E-state index in [2.05, 4.69) is 28.1 Å². The molecule has 0 aliphatic rings. The molecule has 18 heavy (non-hydrogen) atoms. The Morgan fingerprint density at radius 1 is 1.22 bits per heavy atom. The highest BCUT2D eigenvalue weighted by atomic mass is 32.1. The van der Waals surface area contributed by atoms with Gasteiger partial charge in [0, 0.05) is 25.2 Å². The van der Waals surface area contributed by atoms with Crippen LogP contribution in [0, 0.1) is 6.92 Å². The minimum Gasteiger partial charge on any atom is -0.377 e. The molecule has 0 saturated carbocycles. The standard InChI is InChI=1S/C13H17N4S/c1-10-9-11(5-6-12(10)16(2)3)14-15-13-17(4)7-8-18-13/h5-9H,1-4H3/q+1. The molecule has 94 valence electrons. The first-order valence-corrected chi connectivity index (χ1v) is 6.59. The van der Waals surface area contributed by atoms with Crippen molar-refractivity contribution in [3.05, 3.63) is 35.3 Å². The van der Waals surface area contributed by atoms with Gasteiger partial charge >= 0.3 is 5.13 Å². The molecule has 0 aliphatic carbocycles. The third-order valence-corrected chi connectivity index (χ3v) is 3.51. The van der Waals surface area contributed by atoms with E-state index in [9.17, 15) is 0 Å². The average Bonchev–Trinajstić information content (AvgIpc) is 2.72. The second kappa shape index (κ2) is 5.27. The normalized spacial score (nSPS) is 11.1. The molecule has 5 heteroatoms. The van der Waals surface area contributed by atoms with Crippen LogP contribution in [0.3, 0.4) is 0 Å². The van der Waals surface area contributed by atoms with Crippen LogP contribution in [0.25, 0.3) is 0 Å². The number of rotatable bonds is 3. The molecule has 1 heterocycles. The van der Waals surface area contributed by atoms with Crippen molar-refractivity contribution in [1.29, 1.82) is 0 Å². The summed E-state index contributed by atoms with van der Waals surface area (Å²) in [5.74, 6) is 0. The third-order valence-electron chi connectivity index (χ3n) is 2.67. The first-order chi connectivity index (χ1) is 8.58. The lowest BCUT2D eigenvalue weighted by atomic mass is 10.1. The fourth-order valence-corrected chi connectivity index (χ4v) is 2.41.